The third-order valence-electron chi connectivity index (χ3n) is 2.36. The van der Waals surface area contributed by atoms with Crippen molar-refractivity contribution in [3.63, 3.8) is 0 Å². The maximum Gasteiger partial charge on any atom is 0.350 e. The number of aromatic nitrogens is 2. The van der Waals surface area contributed by atoms with E-state index in [9.17, 15) is 19.7 Å². The van der Waals surface area contributed by atoms with Crippen molar-refractivity contribution in [1.29, 1.82) is 0 Å². The molecule has 1 N–H and O–H groups in total. The highest BCUT2D eigenvalue weighted by Crippen LogP contribution is 2.23. The standard InChI is InChI=1S/C12H16N4O6/c1-4-22-11(18)5-8(2)13-10(17)7-15-6-9(16(19)20)12(14-15)21-3/h5-6H,4,7H2,1-3H3,(H,13,17)/b8-5+. The molecule has 0 radical (unpaired) electrons. The van der Waals surface area contributed by atoms with Crippen LogP contribution in [0.25, 0.3) is 0 Å². The number of hydrogen-bond acceptors (Lipinski definition) is 7. The van der Waals surface area contributed by atoms with Crippen LogP contribution in [0.1, 0.15) is 13.8 Å². The van der Waals surface area contributed by atoms with Crippen molar-refractivity contribution in [1.82, 2.24) is 15.1 Å². The summed E-state index contributed by atoms with van der Waals surface area (Å²) in [4.78, 5) is 33.1. The fourth-order valence-electron chi connectivity index (χ4n) is 1.55. The number of hydrogen-bond donors (Lipinski definition) is 1. The van der Waals surface area contributed by atoms with Crippen LogP contribution >= 0.6 is 0 Å². The molecule has 1 heterocycles. The molecule has 0 aliphatic carbocycles. The van der Waals surface area contributed by atoms with Crippen molar-refractivity contribution in [2.45, 2.75) is 20.4 Å². The molecule has 0 aromatic carbocycles. The van der Waals surface area contributed by atoms with E-state index >= 15 is 0 Å². The van der Waals surface area contributed by atoms with Gasteiger partial charge >= 0.3 is 17.5 Å². The van der Waals surface area contributed by atoms with Crippen molar-refractivity contribution in [3.05, 3.63) is 28.1 Å². The summed E-state index contributed by atoms with van der Waals surface area (Å²) in [5.74, 6) is -1.26. The van der Waals surface area contributed by atoms with Crippen LogP contribution < -0.4 is 10.1 Å². The highest BCUT2D eigenvalue weighted by atomic mass is 16.6. The predicted molar refractivity (Wildman–Crippen MR) is 74.0 cm³/mol. The average molecular weight is 312 g/mol. The van der Waals surface area contributed by atoms with E-state index in [4.69, 9.17) is 9.47 Å². The van der Waals surface area contributed by atoms with Crippen LogP contribution in [0.5, 0.6) is 5.88 Å². The fourth-order valence-corrected chi connectivity index (χ4v) is 1.55. The van der Waals surface area contributed by atoms with Crippen LogP contribution in [-0.4, -0.2) is 40.3 Å². The Kier molecular flexibility index (Phi) is 6.05. The summed E-state index contributed by atoms with van der Waals surface area (Å²) in [5, 5.41) is 17.0. The Bertz CT molecular complexity index is 607. The fraction of sp³-hybridized carbons (Fsp3) is 0.417. The van der Waals surface area contributed by atoms with Gasteiger partial charge in [0.25, 0.3) is 0 Å². The number of nitro groups is 1. The molecule has 0 unspecified atom stereocenters. The maximum absolute atomic E-state index is 11.8. The van der Waals surface area contributed by atoms with Crippen LogP contribution in [-0.2, 0) is 20.9 Å². The first kappa shape index (κ1) is 17.1. The van der Waals surface area contributed by atoms with Crippen molar-refractivity contribution in [2.75, 3.05) is 13.7 Å². The molecule has 120 valence electrons. The van der Waals surface area contributed by atoms with E-state index in [1.54, 1.807) is 6.92 Å². The zero-order chi connectivity index (χ0) is 16.7. The van der Waals surface area contributed by atoms with Crippen LogP contribution in [0.2, 0.25) is 0 Å². The monoisotopic (exact) mass is 312 g/mol. The van der Waals surface area contributed by atoms with Gasteiger partial charge < -0.3 is 14.8 Å². The Morgan fingerprint density at radius 3 is 2.73 bits per heavy atom. The first-order valence-corrected chi connectivity index (χ1v) is 6.28. The highest BCUT2D eigenvalue weighted by Gasteiger charge is 2.21. The van der Waals surface area contributed by atoms with E-state index in [1.807, 2.05) is 0 Å². The number of nitrogens with one attached hydrogen (secondary N) is 1. The van der Waals surface area contributed by atoms with E-state index in [-0.39, 0.29) is 30.4 Å². The van der Waals surface area contributed by atoms with Crippen molar-refractivity contribution >= 4 is 17.6 Å². The molecule has 0 spiro atoms. The summed E-state index contributed by atoms with van der Waals surface area (Å²) in [5.41, 5.74) is -0.0499. The van der Waals surface area contributed by atoms with Gasteiger partial charge in [0.05, 0.1) is 18.6 Å². The van der Waals surface area contributed by atoms with E-state index in [1.165, 1.54) is 14.0 Å². The number of rotatable bonds is 7. The van der Waals surface area contributed by atoms with E-state index < -0.39 is 16.8 Å². The molecule has 0 saturated carbocycles. The molecule has 0 aliphatic heterocycles. The summed E-state index contributed by atoms with van der Waals surface area (Å²) in [7, 11) is 1.24. The normalized spacial score (nSPS) is 11.0. The Morgan fingerprint density at radius 1 is 1.55 bits per heavy atom. The minimum Gasteiger partial charge on any atom is -0.475 e. The lowest BCUT2D eigenvalue weighted by atomic mass is 10.4. The minimum atomic E-state index is -0.661. The molecule has 10 nitrogen and oxygen atoms in total. The topological polar surface area (TPSA) is 126 Å². The quantitative estimate of drug-likeness (QED) is 0.334. The molecule has 1 rings (SSSR count). The predicted octanol–water partition coefficient (Wildman–Crippen LogP) is 0.383. The molecule has 1 amide bonds. The van der Waals surface area contributed by atoms with E-state index in [0.717, 1.165) is 17.0 Å². The van der Waals surface area contributed by atoms with Gasteiger partial charge in [-0.2, -0.15) is 0 Å². The van der Waals surface area contributed by atoms with Gasteiger partial charge in [0.2, 0.25) is 5.91 Å². The first-order chi connectivity index (χ1) is 10.4. The highest BCUT2D eigenvalue weighted by molar-refractivity contribution is 5.84. The summed E-state index contributed by atoms with van der Waals surface area (Å²) < 4.78 is 10.5. The van der Waals surface area contributed by atoms with Gasteiger partial charge in [-0.25, -0.2) is 4.79 Å². The molecular formula is C12H16N4O6. The lowest BCUT2D eigenvalue weighted by Gasteiger charge is -2.05. The van der Waals surface area contributed by atoms with Crippen LogP contribution in [0.3, 0.4) is 0 Å². The molecule has 0 fully saturated rings. The lowest BCUT2D eigenvalue weighted by Crippen LogP contribution is -2.26. The summed E-state index contributed by atoms with van der Waals surface area (Å²) in [6.07, 6.45) is 2.22. The molecule has 0 bridgehead atoms. The van der Waals surface area contributed by atoms with Crippen LogP contribution in [0, 0.1) is 10.1 Å². The summed E-state index contributed by atoms with van der Waals surface area (Å²) in [6.45, 7) is 3.14. The second kappa shape index (κ2) is 7.76. The van der Waals surface area contributed by atoms with Gasteiger partial charge in [0.15, 0.2) is 0 Å². The first-order valence-electron chi connectivity index (χ1n) is 6.28. The Balaban J connectivity index is 2.69. The van der Waals surface area contributed by atoms with Crippen molar-refractivity contribution < 1.29 is 24.0 Å². The second-order valence-corrected chi connectivity index (χ2v) is 4.11. The zero-order valence-corrected chi connectivity index (χ0v) is 12.4. The average Bonchev–Trinajstić information content (AvgIpc) is 2.81. The smallest absolute Gasteiger partial charge is 0.350 e. The Morgan fingerprint density at radius 2 is 2.23 bits per heavy atom. The number of carbonyl (C=O) groups excluding carboxylic acids is 2. The third-order valence-corrected chi connectivity index (χ3v) is 2.36. The van der Waals surface area contributed by atoms with Gasteiger partial charge in [0, 0.05) is 11.8 Å². The second-order valence-electron chi connectivity index (χ2n) is 4.11. The summed E-state index contributed by atoms with van der Waals surface area (Å²) >= 11 is 0. The van der Waals surface area contributed by atoms with Crippen LogP contribution in [0.4, 0.5) is 5.69 Å². The molecular weight excluding hydrogens is 296 g/mol. The molecule has 0 saturated heterocycles. The van der Waals surface area contributed by atoms with Gasteiger partial charge in [-0.3, -0.25) is 19.6 Å². The van der Waals surface area contributed by atoms with Crippen LogP contribution in [0.15, 0.2) is 18.0 Å². The lowest BCUT2D eigenvalue weighted by molar-refractivity contribution is -0.385. The number of carbonyl (C=O) groups is 2. The van der Waals surface area contributed by atoms with Gasteiger partial charge in [0.1, 0.15) is 12.7 Å². The number of esters is 1. The number of methoxy groups -OCH3 is 1. The van der Waals surface area contributed by atoms with E-state index in [0.29, 0.717) is 0 Å². The zero-order valence-electron chi connectivity index (χ0n) is 12.4. The van der Waals surface area contributed by atoms with E-state index in [2.05, 4.69) is 10.4 Å². The molecule has 0 atom stereocenters. The number of allylic oxidation sites excluding steroid dienone is 1. The minimum absolute atomic E-state index is 0.184. The molecule has 1 aromatic heterocycles. The molecule has 22 heavy (non-hydrogen) atoms. The number of ether oxygens (including phenoxy) is 2. The maximum atomic E-state index is 11.8. The van der Waals surface area contributed by atoms with Crippen molar-refractivity contribution in [2.24, 2.45) is 0 Å². The number of amides is 1. The SMILES string of the molecule is CCOC(=O)/C=C(\C)NC(=O)Cn1cc([N+](=O)[O-])c(OC)n1. The third kappa shape index (κ3) is 4.89. The molecule has 10 heteroatoms. The van der Waals surface area contributed by atoms with Gasteiger partial charge in [-0.15, -0.1) is 5.10 Å². The summed E-state index contributed by atoms with van der Waals surface area (Å²) in [6, 6.07) is 0. The number of nitrogens with zero attached hydrogens (tertiary/aromatic N) is 3. The van der Waals surface area contributed by atoms with Gasteiger partial charge in [-0.1, -0.05) is 0 Å². The Labute approximate surface area is 125 Å². The molecule has 1 aromatic rings. The van der Waals surface area contributed by atoms with Gasteiger partial charge in [-0.05, 0) is 13.8 Å². The molecule has 0 aliphatic rings. The largest absolute Gasteiger partial charge is 0.475 e. The van der Waals surface area contributed by atoms with Crippen molar-refractivity contribution in [3.8, 4) is 5.88 Å². The Hall–Kier alpha value is -2.91.